The van der Waals surface area contributed by atoms with Crippen LogP contribution < -0.4 is 19.9 Å². The Morgan fingerprint density at radius 2 is 1.56 bits per heavy atom. The van der Waals surface area contributed by atoms with E-state index in [4.69, 9.17) is 9.47 Å². The van der Waals surface area contributed by atoms with Crippen molar-refractivity contribution >= 4 is 22.7 Å². The molecule has 1 N–H and O–H groups in total. The Labute approximate surface area is 183 Å². The fraction of sp³-hybridized carbons (Fsp3) is 0.182. The van der Waals surface area contributed by atoms with Crippen LogP contribution in [0.3, 0.4) is 0 Å². The molecule has 3 aromatic carbocycles. The van der Waals surface area contributed by atoms with E-state index in [1.807, 2.05) is 12.1 Å². The van der Waals surface area contributed by atoms with Gasteiger partial charge in [-0.25, -0.2) is 0 Å². The van der Waals surface area contributed by atoms with Gasteiger partial charge in [0.05, 0.1) is 38.9 Å². The summed E-state index contributed by atoms with van der Waals surface area (Å²) < 4.78 is 10.8. The van der Waals surface area contributed by atoms with Gasteiger partial charge in [-0.05, 0) is 43.7 Å². The lowest BCUT2D eigenvalue weighted by atomic mass is 10.1. The Morgan fingerprint density at radius 3 is 2.28 bits per heavy atom. The van der Waals surface area contributed by atoms with Crippen molar-refractivity contribution < 1.29 is 19.3 Å². The minimum atomic E-state index is -0.443. The van der Waals surface area contributed by atoms with Crippen LogP contribution in [0.4, 0.5) is 22.7 Å². The summed E-state index contributed by atoms with van der Waals surface area (Å²) in [5.41, 5.74) is 6.05. The van der Waals surface area contributed by atoms with E-state index in [0.29, 0.717) is 40.5 Å². The van der Waals surface area contributed by atoms with Crippen molar-refractivity contribution in [2.45, 2.75) is 20.4 Å². The topological polar surface area (TPSA) is 120 Å². The van der Waals surface area contributed by atoms with Gasteiger partial charge in [0.2, 0.25) is 6.79 Å². The molecule has 3 aromatic rings. The molecule has 1 heterocycles. The van der Waals surface area contributed by atoms with Crippen molar-refractivity contribution in [1.29, 1.82) is 0 Å². The molecule has 0 saturated carbocycles. The number of nitrogens with zero attached hydrogens (tertiary/aromatic N) is 3. The minimum absolute atomic E-state index is 0.0178. The highest BCUT2D eigenvalue weighted by molar-refractivity contribution is 5.68. The van der Waals surface area contributed by atoms with Gasteiger partial charge >= 0.3 is 0 Å². The third kappa shape index (κ3) is 3.97. The van der Waals surface area contributed by atoms with E-state index < -0.39 is 9.85 Å². The first-order valence-electron chi connectivity index (χ1n) is 9.76. The highest BCUT2D eigenvalue weighted by Gasteiger charge is 2.21. The predicted molar refractivity (Wildman–Crippen MR) is 118 cm³/mol. The summed E-state index contributed by atoms with van der Waals surface area (Å²) in [5.74, 6) is 1.26. The fourth-order valence-electron chi connectivity index (χ4n) is 3.60. The van der Waals surface area contributed by atoms with Crippen LogP contribution in [0.2, 0.25) is 0 Å². The van der Waals surface area contributed by atoms with E-state index in [9.17, 15) is 20.2 Å². The number of hydrogen-bond donors (Lipinski definition) is 1. The van der Waals surface area contributed by atoms with Gasteiger partial charge in [-0.3, -0.25) is 30.7 Å². The van der Waals surface area contributed by atoms with Gasteiger partial charge < -0.3 is 9.47 Å². The molecule has 0 aliphatic carbocycles. The molecule has 0 spiro atoms. The number of anilines is 2. The zero-order valence-electron chi connectivity index (χ0n) is 17.4. The largest absolute Gasteiger partial charge is 0.454 e. The Kier molecular flexibility index (Phi) is 5.50. The molecule has 32 heavy (non-hydrogen) atoms. The molecule has 4 rings (SSSR count). The van der Waals surface area contributed by atoms with E-state index in [0.717, 1.165) is 5.56 Å². The summed E-state index contributed by atoms with van der Waals surface area (Å²) in [7, 11) is 0. The van der Waals surface area contributed by atoms with Crippen LogP contribution in [-0.4, -0.2) is 16.6 Å². The molecular weight excluding hydrogens is 416 g/mol. The van der Waals surface area contributed by atoms with Crippen LogP contribution in [0.15, 0.2) is 54.6 Å². The Bertz CT molecular complexity index is 1210. The molecular formula is C22H20N4O6. The standard InChI is InChI=1S/C22H20N4O6/c1-14-17(5-3-7-19(14)25(27)28)23-24(18-6-4-8-20(15(18)2)26(29)30)12-16-9-10-21-22(11-16)32-13-31-21/h3-11,23H,12-13H2,1-2H3. The molecule has 0 atom stereocenters. The third-order valence-electron chi connectivity index (χ3n) is 5.30. The smallest absolute Gasteiger partial charge is 0.274 e. The quantitative estimate of drug-likeness (QED) is 0.411. The number of benzene rings is 3. The fourth-order valence-corrected chi connectivity index (χ4v) is 3.60. The lowest BCUT2D eigenvalue weighted by molar-refractivity contribution is -0.385. The Hall–Kier alpha value is -4.34. The van der Waals surface area contributed by atoms with E-state index in [1.165, 1.54) is 12.1 Å². The molecule has 1 aliphatic rings. The molecule has 10 nitrogen and oxygen atoms in total. The predicted octanol–water partition coefficient (Wildman–Crippen LogP) is 4.88. The normalized spacial score (nSPS) is 11.8. The summed E-state index contributed by atoms with van der Waals surface area (Å²) >= 11 is 0. The average molecular weight is 436 g/mol. The van der Waals surface area contributed by atoms with Crippen molar-refractivity contribution in [3.8, 4) is 11.5 Å². The molecule has 0 saturated heterocycles. The van der Waals surface area contributed by atoms with Crippen molar-refractivity contribution in [3.05, 3.63) is 91.5 Å². The van der Waals surface area contributed by atoms with Gasteiger partial charge in [0, 0.05) is 12.1 Å². The third-order valence-corrected chi connectivity index (χ3v) is 5.30. The number of fused-ring (bicyclic) bond motifs is 1. The number of nitro groups is 2. The van der Waals surface area contributed by atoms with Crippen LogP contribution in [0.5, 0.6) is 11.5 Å². The van der Waals surface area contributed by atoms with Gasteiger partial charge in [0.25, 0.3) is 11.4 Å². The van der Waals surface area contributed by atoms with E-state index in [2.05, 4.69) is 5.43 Å². The van der Waals surface area contributed by atoms with Crippen LogP contribution in [0, 0.1) is 34.1 Å². The molecule has 0 radical (unpaired) electrons. The second-order valence-corrected chi connectivity index (χ2v) is 7.27. The molecule has 0 fully saturated rings. The number of hydrogen-bond acceptors (Lipinski definition) is 8. The maximum Gasteiger partial charge on any atom is 0.274 e. The zero-order chi connectivity index (χ0) is 22.8. The SMILES string of the molecule is Cc1c(NN(Cc2ccc3c(c2)OCO3)c2cccc([N+](=O)[O-])c2C)cccc1[N+](=O)[O-]. The summed E-state index contributed by atoms with van der Waals surface area (Å²) in [6.45, 7) is 3.78. The number of hydrazine groups is 1. The van der Waals surface area contributed by atoms with Crippen LogP contribution >= 0.6 is 0 Å². The molecule has 0 aromatic heterocycles. The first-order chi connectivity index (χ1) is 15.3. The molecule has 1 aliphatic heterocycles. The Balaban J connectivity index is 1.75. The maximum absolute atomic E-state index is 11.5. The molecule has 0 amide bonds. The zero-order valence-corrected chi connectivity index (χ0v) is 17.4. The lowest BCUT2D eigenvalue weighted by Gasteiger charge is -2.28. The summed E-state index contributed by atoms with van der Waals surface area (Å²) in [6.07, 6.45) is 0. The number of nitrogens with one attached hydrogen (secondary N) is 1. The first-order valence-corrected chi connectivity index (χ1v) is 9.76. The van der Waals surface area contributed by atoms with Crippen LogP contribution in [0.1, 0.15) is 16.7 Å². The summed E-state index contributed by atoms with van der Waals surface area (Å²) in [4.78, 5) is 22.0. The van der Waals surface area contributed by atoms with Crippen molar-refractivity contribution in [1.82, 2.24) is 0 Å². The monoisotopic (exact) mass is 436 g/mol. The van der Waals surface area contributed by atoms with Crippen molar-refractivity contribution in [2.75, 3.05) is 17.2 Å². The van der Waals surface area contributed by atoms with Gasteiger partial charge in [-0.15, -0.1) is 0 Å². The summed E-state index contributed by atoms with van der Waals surface area (Å²) in [5, 5.41) is 24.6. The highest BCUT2D eigenvalue weighted by Crippen LogP contribution is 2.35. The number of rotatable bonds is 7. The molecule has 0 unspecified atom stereocenters. The van der Waals surface area contributed by atoms with Crippen LogP contribution in [-0.2, 0) is 6.54 Å². The van der Waals surface area contributed by atoms with E-state index in [1.54, 1.807) is 49.2 Å². The van der Waals surface area contributed by atoms with Crippen molar-refractivity contribution in [2.24, 2.45) is 0 Å². The molecule has 0 bridgehead atoms. The molecule has 164 valence electrons. The van der Waals surface area contributed by atoms with Crippen molar-refractivity contribution in [3.63, 3.8) is 0 Å². The molecule has 10 heteroatoms. The number of ether oxygens (including phenoxy) is 2. The average Bonchev–Trinajstić information content (AvgIpc) is 3.22. The lowest BCUT2D eigenvalue weighted by Crippen LogP contribution is -2.30. The Morgan fingerprint density at radius 1 is 0.906 bits per heavy atom. The van der Waals surface area contributed by atoms with Gasteiger partial charge in [0.1, 0.15) is 0 Å². The summed E-state index contributed by atoms with van der Waals surface area (Å²) in [6, 6.07) is 15.1. The second-order valence-electron chi connectivity index (χ2n) is 7.27. The number of nitro benzene ring substituents is 2. The van der Waals surface area contributed by atoms with Crippen LogP contribution in [0.25, 0.3) is 0 Å². The maximum atomic E-state index is 11.5. The van der Waals surface area contributed by atoms with E-state index >= 15 is 0 Å². The van der Waals surface area contributed by atoms with Gasteiger partial charge in [-0.2, -0.15) is 0 Å². The van der Waals surface area contributed by atoms with Gasteiger partial charge in [0.15, 0.2) is 11.5 Å². The van der Waals surface area contributed by atoms with E-state index in [-0.39, 0.29) is 18.2 Å². The van der Waals surface area contributed by atoms with Gasteiger partial charge in [-0.1, -0.05) is 18.2 Å². The second kappa shape index (κ2) is 8.42. The highest BCUT2D eigenvalue weighted by atomic mass is 16.7. The minimum Gasteiger partial charge on any atom is -0.454 e. The first kappa shape index (κ1) is 20.9.